The number of unbranched alkanes of at least 4 members (excludes halogenated alkanes) is 8. The lowest BCUT2D eigenvalue weighted by molar-refractivity contribution is 0.0219. The molecule has 0 aromatic heterocycles. The van der Waals surface area contributed by atoms with Crippen LogP contribution < -0.4 is 0 Å². The van der Waals surface area contributed by atoms with Gasteiger partial charge in [-0.2, -0.15) is 0 Å². The van der Waals surface area contributed by atoms with Crippen LogP contribution >= 0.6 is 0 Å². The van der Waals surface area contributed by atoms with Crippen molar-refractivity contribution < 1.29 is 0 Å². The van der Waals surface area contributed by atoms with Crippen LogP contribution in [0.5, 0.6) is 0 Å². The van der Waals surface area contributed by atoms with Gasteiger partial charge in [-0.25, -0.2) is 0 Å². The third-order valence-corrected chi connectivity index (χ3v) is 7.41. The van der Waals surface area contributed by atoms with Gasteiger partial charge in [0.25, 0.3) is 0 Å². The van der Waals surface area contributed by atoms with E-state index in [0.29, 0.717) is 10.8 Å². The van der Waals surface area contributed by atoms with Gasteiger partial charge in [-0.15, -0.1) is 0 Å². The predicted molar refractivity (Wildman–Crippen MR) is 120 cm³/mol. The zero-order valence-corrected chi connectivity index (χ0v) is 19.1. The molecule has 0 heterocycles. The van der Waals surface area contributed by atoms with Crippen molar-refractivity contribution in [2.24, 2.45) is 10.8 Å². The van der Waals surface area contributed by atoms with Crippen LogP contribution in [0.4, 0.5) is 0 Å². The van der Waals surface area contributed by atoms with Crippen molar-refractivity contribution in [2.45, 2.75) is 156 Å². The van der Waals surface area contributed by atoms with E-state index in [0.717, 1.165) is 0 Å². The average Bonchev–Trinajstić information content (AvgIpc) is 2.63. The van der Waals surface area contributed by atoms with E-state index in [4.69, 9.17) is 0 Å². The molecule has 0 N–H and O–H groups in total. The molecule has 0 atom stereocenters. The second kappa shape index (κ2) is 14.1. The second-order valence-electron chi connectivity index (χ2n) is 9.86. The molecule has 0 aliphatic heterocycles. The van der Waals surface area contributed by atoms with Crippen LogP contribution in [0.15, 0.2) is 0 Å². The lowest BCUT2D eigenvalue weighted by Crippen LogP contribution is -2.37. The van der Waals surface area contributed by atoms with E-state index in [1.54, 1.807) is 19.3 Å². The monoisotopic (exact) mass is 364 g/mol. The summed E-state index contributed by atoms with van der Waals surface area (Å²) in [7, 11) is 0. The third kappa shape index (κ3) is 8.79. The molecule has 0 aromatic carbocycles. The number of rotatable bonds is 16. The lowest BCUT2D eigenvalue weighted by atomic mass is 9.56. The SMILES string of the molecule is CCCCCC1(CCCCC)CCCC(CCCCC)(CCCCC)C1. The van der Waals surface area contributed by atoms with Gasteiger partial charge in [-0.1, -0.05) is 111 Å². The first-order chi connectivity index (χ1) is 12.7. The minimum Gasteiger partial charge on any atom is -0.0654 e. The zero-order chi connectivity index (χ0) is 19.1. The molecule has 0 unspecified atom stereocenters. The van der Waals surface area contributed by atoms with Crippen molar-refractivity contribution in [3.8, 4) is 0 Å². The minimum absolute atomic E-state index is 0.709. The molecule has 156 valence electrons. The van der Waals surface area contributed by atoms with Crippen molar-refractivity contribution in [3.63, 3.8) is 0 Å². The Balaban J connectivity index is 2.82. The van der Waals surface area contributed by atoms with E-state index in [-0.39, 0.29) is 0 Å². The molecule has 1 aliphatic carbocycles. The van der Waals surface area contributed by atoms with Gasteiger partial charge in [0.15, 0.2) is 0 Å². The summed E-state index contributed by atoms with van der Waals surface area (Å²) in [6, 6.07) is 0. The molecule has 0 amide bonds. The fourth-order valence-corrected chi connectivity index (χ4v) is 5.91. The fourth-order valence-electron chi connectivity index (χ4n) is 5.91. The van der Waals surface area contributed by atoms with E-state index in [1.807, 2.05) is 0 Å². The lowest BCUT2D eigenvalue weighted by Gasteiger charge is -2.49. The summed E-state index contributed by atoms with van der Waals surface area (Å²) in [5.41, 5.74) is 1.42. The topological polar surface area (TPSA) is 0 Å². The maximum atomic E-state index is 2.37. The van der Waals surface area contributed by atoms with E-state index >= 15 is 0 Å². The molecule has 1 rings (SSSR count). The molecule has 0 nitrogen and oxygen atoms in total. The molecular formula is C26H52. The third-order valence-electron chi connectivity index (χ3n) is 7.41. The molecule has 0 bridgehead atoms. The highest BCUT2D eigenvalue weighted by Crippen LogP contribution is 2.56. The van der Waals surface area contributed by atoms with Gasteiger partial charge in [0, 0.05) is 0 Å². The van der Waals surface area contributed by atoms with Gasteiger partial charge >= 0.3 is 0 Å². The summed E-state index contributed by atoms with van der Waals surface area (Å²) in [4.78, 5) is 0. The summed E-state index contributed by atoms with van der Waals surface area (Å²) in [5.74, 6) is 0. The zero-order valence-electron chi connectivity index (χ0n) is 19.1. The first kappa shape index (κ1) is 24.0. The molecule has 1 aliphatic rings. The van der Waals surface area contributed by atoms with Crippen LogP contribution in [0.3, 0.4) is 0 Å². The van der Waals surface area contributed by atoms with Crippen molar-refractivity contribution >= 4 is 0 Å². The predicted octanol–water partition coefficient (Wildman–Crippen LogP) is 9.85. The highest BCUT2D eigenvalue weighted by Gasteiger charge is 2.43. The largest absolute Gasteiger partial charge is 0.0654 e. The number of hydrogen-bond donors (Lipinski definition) is 0. The van der Waals surface area contributed by atoms with Crippen LogP contribution in [0, 0.1) is 10.8 Å². The van der Waals surface area contributed by atoms with Crippen molar-refractivity contribution in [1.82, 2.24) is 0 Å². The summed E-state index contributed by atoms with van der Waals surface area (Å²) in [6.45, 7) is 9.46. The van der Waals surface area contributed by atoms with Gasteiger partial charge in [-0.05, 0) is 55.8 Å². The first-order valence-corrected chi connectivity index (χ1v) is 12.7. The molecule has 1 saturated carbocycles. The van der Waals surface area contributed by atoms with Crippen LogP contribution in [-0.2, 0) is 0 Å². The van der Waals surface area contributed by atoms with E-state index < -0.39 is 0 Å². The molecule has 0 spiro atoms. The summed E-state index contributed by atoms with van der Waals surface area (Å²) >= 11 is 0. The van der Waals surface area contributed by atoms with E-state index in [2.05, 4.69) is 27.7 Å². The van der Waals surface area contributed by atoms with Gasteiger partial charge in [-0.3, -0.25) is 0 Å². The summed E-state index contributed by atoms with van der Waals surface area (Å²) in [5, 5.41) is 0. The number of hydrogen-bond acceptors (Lipinski definition) is 0. The Hall–Kier alpha value is 0. The van der Waals surface area contributed by atoms with Gasteiger partial charge in [0.05, 0.1) is 0 Å². The standard InChI is InChI=1S/C26H52/c1-5-9-13-18-25(19-14-10-6-2)22-17-23-26(24-25,20-15-11-7-3)21-16-12-8-4/h5-24H2,1-4H3. The molecule has 1 fully saturated rings. The maximum Gasteiger partial charge on any atom is -0.0292 e. The summed E-state index contributed by atoms with van der Waals surface area (Å²) in [6.07, 6.45) is 29.6. The van der Waals surface area contributed by atoms with E-state index in [1.165, 1.54) is 109 Å². The average molecular weight is 365 g/mol. The molecule has 0 heteroatoms. The molecule has 0 saturated heterocycles. The Morgan fingerprint density at radius 2 is 0.769 bits per heavy atom. The smallest absolute Gasteiger partial charge is 0.0292 e. The molecule has 0 radical (unpaired) electrons. The Morgan fingerprint density at radius 1 is 0.462 bits per heavy atom. The Morgan fingerprint density at radius 3 is 1.04 bits per heavy atom. The Bertz CT molecular complexity index is 266. The highest BCUT2D eigenvalue weighted by molar-refractivity contribution is 4.94. The van der Waals surface area contributed by atoms with Crippen molar-refractivity contribution in [1.29, 1.82) is 0 Å². The quantitative estimate of drug-likeness (QED) is 0.239. The molecule has 0 aromatic rings. The highest BCUT2D eigenvalue weighted by atomic mass is 14.5. The van der Waals surface area contributed by atoms with Gasteiger partial charge in [0.1, 0.15) is 0 Å². The normalized spacial score (nSPS) is 18.9. The van der Waals surface area contributed by atoms with Crippen LogP contribution in [0.2, 0.25) is 0 Å². The van der Waals surface area contributed by atoms with Crippen molar-refractivity contribution in [2.75, 3.05) is 0 Å². The summed E-state index contributed by atoms with van der Waals surface area (Å²) < 4.78 is 0. The van der Waals surface area contributed by atoms with Crippen LogP contribution in [0.1, 0.15) is 156 Å². The minimum atomic E-state index is 0.709. The van der Waals surface area contributed by atoms with Crippen LogP contribution in [-0.4, -0.2) is 0 Å². The Labute approximate surface area is 167 Å². The maximum absolute atomic E-state index is 2.37. The second-order valence-corrected chi connectivity index (χ2v) is 9.86. The van der Waals surface area contributed by atoms with E-state index in [9.17, 15) is 0 Å². The molecule has 26 heavy (non-hydrogen) atoms. The first-order valence-electron chi connectivity index (χ1n) is 12.7. The fraction of sp³-hybridized carbons (Fsp3) is 1.00. The Kier molecular flexibility index (Phi) is 13.0. The van der Waals surface area contributed by atoms with Crippen molar-refractivity contribution in [3.05, 3.63) is 0 Å². The van der Waals surface area contributed by atoms with Gasteiger partial charge < -0.3 is 0 Å². The van der Waals surface area contributed by atoms with Gasteiger partial charge in [0.2, 0.25) is 0 Å². The van der Waals surface area contributed by atoms with Crippen LogP contribution in [0.25, 0.3) is 0 Å². The molecular weight excluding hydrogens is 312 g/mol.